The molecule has 0 aliphatic rings. The van der Waals surface area contributed by atoms with E-state index in [1.807, 2.05) is 0 Å². The van der Waals surface area contributed by atoms with Crippen molar-refractivity contribution in [3.63, 3.8) is 0 Å². The van der Waals surface area contributed by atoms with Gasteiger partial charge in [0.05, 0.1) is 0 Å². The van der Waals surface area contributed by atoms with Crippen molar-refractivity contribution in [2.45, 2.75) is 0 Å². The average Bonchev–Trinajstić information content (AvgIpc) is 0. The second-order valence-electron chi connectivity index (χ2n) is 0. The Morgan fingerprint density at radius 2 is 0.0600 bits per heavy atom. The second kappa shape index (κ2) is 392. The molecule has 0 heterocycles. The summed E-state index contributed by atoms with van der Waals surface area (Å²) in [7, 11) is 0. The van der Waals surface area contributed by atoms with Crippen molar-refractivity contribution >= 4 is 49.6 Å². The van der Waals surface area contributed by atoms with Crippen molar-refractivity contribution in [2.24, 2.45) is 0 Å². The standard InChI is InChI=1S/4ClH.46Na.46H/h4*1H;;;;;;;;;;;;;;;;;;;;;;;;;;;;;;;;;;;;;;;;;;;;;;;;;;;;;;;;;;;;;;;;;;;;;;;;;;;;;;;;;;;;;;;;;;;;/q;;;;46*+1;46*-1. The summed E-state index contributed by atoms with van der Waals surface area (Å²) in [6.45, 7) is 0. The number of hydrogen-bond acceptors (Lipinski definition) is 0. The van der Waals surface area contributed by atoms with Gasteiger partial charge >= 0.3 is 1360 Å². The first-order valence-electron chi connectivity index (χ1n) is 0. The summed E-state index contributed by atoms with van der Waals surface area (Å²) in [6.07, 6.45) is 0. The molecule has 0 atom stereocenters. The molecule has 0 spiro atoms. The van der Waals surface area contributed by atoms with Gasteiger partial charge in [-0.3, -0.25) is 0 Å². The summed E-state index contributed by atoms with van der Waals surface area (Å²) < 4.78 is 0. The normalized spacial score (nSPS) is 0. The van der Waals surface area contributed by atoms with Crippen LogP contribution in [0.2, 0.25) is 0 Å². The van der Waals surface area contributed by atoms with Crippen molar-refractivity contribution in [1.29, 1.82) is 0 Å². The topological polar surface area (TPSA) is 0 Å². The van der Waals surface area contributed by atoms with E-state index in [2.05, 4.69) is 0 Å². The van der Waals surface area contributed by atoms with Crippen molar-refractivity contribution in [2.75, 3.05) is 0 Å². The van der Waals surface area contributed by atoms with Crippen LogP contribution in [-0.2, 0) is 0 Å². The van der Waals surface area contributed by atoms with Crippen LogP contribution in [-0.4, -0.2) is 0 Å². The largest absolute Gasteiger partial charge is 1.00 e. The molecule has 0 aromatic rings. The van der Waals surface area contributed by atoms with Crippen LogP contribution in [0.25, 0.3) is 0 Å². The molecule has 0 aliphatic heterocycles. The summed E-state index contributed by atoms with van der Waals surface area (Å²) >= 11 is 0. The van der Waals surface area contributed by atoms with Gasteiger partial charge in [0.15, 0.2) is 0 Å². The Hall–Kier alpha value is 47.2. The van der Waals surface area contributed by atoms with E-state index in [1.165, 1.54) is 0 Å². The molecule has 0 bridgehead atoms. The SMILES string of the molecule is Cl.Cl.Cl.Cl.[H-].[H-].[H-].[H-].[H-].[H-].[H-].[H-].[H-].[H-].[H-].[H-].[H-].[H-].[H-].[H-].[H-].[H-].[H-].[H-].[H-].[H-].[H-].[H-].[H-].[H-].[H-].[H-].[H-].[H-].[H-].[H-].[H-].[H-].[H-].[H-].[H-].[H-].[H-].[H-].[H-].[H-].[H-].[H-].[H-].[H-].[Na+].[Na+].[Na+].[Na+].[Na+].[Na+].[Na+].[Na+].[Na+].[Na+].[Na+].[Na+].[Na+].[Na+].[Na+].[Na+].[Na+].[Na+].[Na+].[Na+].[Na+].[Na+].[Na+].[Na+].[Na+].[Na+].[Na+].[Na+].[Na+].[Na+].[Na+].[Na+].[Na+].[Na+].[Na+].[Na+].[Na+].[Na+].[Na+].[Na+].[Na+].[Na+].[Na+].[Na+].[Na+].[Na+]. The molecule has 0 unspecified atom stereocenters. The molecule has 50 heavy (non-hydrogen) atoms. The van der Waals surface area contributed by atoms with Crippen LogP contribution < -0.4 is 1360 Å². The minimum Gasteiger partial charge on any atom is -1.00 e. The fourth-order valence-corrected chi connectivity index (χ4v) is 0. The molecule has 50 heteroatoms. The maximum Gasteiger partial charge on any atom is 1.00 e. The molecule has 0 nitrogen and oxygen atoms in total. The van der Waals surface area contributed by atoms with Crippen LogP contribution in [0.1, 0.15) is 65.6 Å². The molecule has 124 valence electrons. The smallest absolute Gasteiger partial charge is 1.00 e. The molecule has 0 fully saturated rings. The fraction of sp³-hybridized carbons (Fsp3) is 0. The van der Waals surface area contributed by atoms with E-state index in [-0.39, 0.29) is 1470 Å². The maximum atomic E-state index is 0. The average molecular weight is 1250 g/mol. The first-order valence-corrected chi connectivity index (χ1v) is 0. The van der Waals surface area contributed by atoms with Crippen molar-refractivity contribution < 1.29 is 1430 Å². The molecule has 0 aromatic carbocycles. The van der Waals surface area contributed by atoms with Crippen LogP contribution >= 0.6 is 49.6 Å². The van der Waals surface area contributed by atoms with Gasteiger partial charge in [0.2, 0.25) is 0 Å². The van der Waals surface area contributed by atoms with Gasteiger partial charge in [0.1, 0.15) is 0 Å². The zero-order valence-electron chi connectivity index (χ0n) is 93.6. The third-order valence-corrected chi connectivity index (χ3v) is 0. The predicted octanol–water partition coefficient (Wildman–Crippen LogP) is -131. The zero-order chi connectivity index (χ0) is 0. The Kier molecular flexibility index (Phi) is 3160. The van der Waals surface area contributed by atoms with E-state index in [4.69, 9.17) is 0 Å². The van der Waals surface area contributed by atoms with Crippen molar-refractivity contribution in [3.8, 4) is 0 Å². The maximum absolute atomic E-state index is 0. The summed E-state index contributed by atoms with van der Waals surface area (Å²) in [6, 6.07) is 0. The Labute approximate surface area is 1430 Å². The Morgan fingerprint density at radius 3 is 0.0600 bits per heavy atom. The molecule has 0 amide bonds. The van der Waals surface area contributed by atoms with E-state index in [9.17, 15) is 0 Å². The van der Waals surface area contributed by atoms with Crippen molar-refractivity contribution in [3.05, 3.63) is 0 Å². The summed E-state index contributed by atoms with van der Waals surface area (Å²) in [5.41, 5.74) is 0. The molecule has 0 saturated heterocycles. The molecule has 0 aromatic heterocycles. The molecule has 0 rings (SSSR count). The van der Waals surface area contributed by atoms with Crippen LogP contribution in [0, 0.1) is 0 Å². The van der Waals surface area contributed by atoms with Crippen LogP contribution in [0.3, 0.4) is 0 Å². The van der Waals surface area contributed by atoms with Gasteiger partial charge in [-0.15, -0.1) is 49.6 Å². The van der Waals surface area contributed by atoms with Gasteiger partial charge in [-0.05, 0) is 0 Å². The van der Waals surface area contributed by atoms with Gasteiger partial charge < -0.3 is 65.6 Å². The third kappa shape index (κ3) is 379. The first-order chi connectivity index (χ1) is 0. The number of hydrogen-bond donors (Lipinski definition) is 0. The quantitative estimate of drug-likeness (QED) is 0.212. The molecule has 0 radical (unpaired) electrons. The summed E-state index contributed by atoms with van der Waals surface area (Å²) in [4.78, 5) is 0. The van der Waals surface area contributed by atoms with E-state index < -0.39 is 0 Å². The van der Waals surface area contributed by atoms with E-state index in [0.717, 1.165) is 0 Å². The van der Waals surface area contributed by atoms with Gasteiger partial charge in [-0.2, -0.15) is 0 Å². The molecular formula is H50Cl4Na46. The van der Waals surface area contributed by atoms with Gasteiger partial charge in [0, 0.05) is 0 Å². The van der Waals surface area contributed by atoms with Crippen LogP contribution in [0.5, 0.6) is 0 Å². The van der Waals surface area contributed by atoms with Gasteiger partial charge in [0.25, 0.3) is 0 Å². The number of halogens is 4. The van der Waals surface area contributed by atoms with E-state index in [1.54, 1.807) is 0 Å². The minimum atomic E-state index is 0. The summed E-state index contributed by atoms with van der Waals surface area (Å²) in [5.74, 6) is 0. The third-order valence-electron chi connectivity index (χ3n) is 0. The fourth-order valence-electron chi connectivity index (χ4n) is 0. The molecule has 0 N–H and O–H groups in total. The minimum absolute atomic E-state index is 0. The Bertz CT molecular complexity index is 116. The Balaban J connectivity index is 0. The Morgan fingerprint density at radius 1 is 0.0600 bits per heavy atom. The van der Waals surface area contributed by atoms with Crippen LogP contribution in [0.15, 0.2) is 0 Å². The number of rotatable bonds is 0. The second-order valence-corrected chi connectivity index (χ2v) is 0. The van der Waals surface area contributed by atoms with Crippen molar-refractivity contribution in [1.82, 2.24) is 0 Å². The molecule has 0 saturated carbocycles. The monoisotopic (exact) mass is 1250 g/mol. The zero-order valence-corrected chi connectivity index (χ0v) is 143. The van der Waals surface area contributed by atoms with Crippen LogP contribution in [0.4, 0.5) is 0 Å². The van der Waals surface area contributed by atoms with Gasteiger partial charge in [-0.1, -0.05) is 0 Å². The van der Waals surface area contributed by atoms with E-state index >= 15 is 0 Å². The predicted molar refractivity (Wildman–Crippen MR) is 80.1 cm³/mol. The summed E-state index contributed by atoms with van der Waals surface area (Å²) in [5, 5.41) is 0. The first kappa shape index (κ1) is 404. The molecule has 0 aliphatic carbocycles. The van der Waals surface area contributed by atoms with Gasteiger partial charge in [-0.25, -0.2) is 0 Å². The van der Waals surface area contributed by atoms with E-state index in [0.29, 0.717) is 0 Å². The molecular weight excluding hydrogens is 1200 g/mol.